The molecule has 0 spiro atoms. The van der Waals surface area contributed by atoms with Gasteiger partial charge >= 0.3 is 0 Å². The van der Waals surface area contributed by atoms with Crippen molar-refractivity contribution in [1.82, 2.24) is 30.6 Å². The highest BCUT2D eigenvalue weighted by molar-refractivity contribution is 5.39. The van der Waals surface area contributed by atoms with Crippen LogP contribution in [-0.4, -0.2) is 62.6 Å². The van der Waals surface area contributed by atoms with Gasteiger partial charge in [-0.1, -0.05) is 13.8 Å². The zero-order valence-electron chi connectivity index (χ0n) is 21.9. The molecular formula is C28H41FN6O. The second-order valence-corrected chi connectivity index (χ2v) is 11.5. The maximum absolute atomic E-state index is 14.2. The number of benzene rings is 1. The number of hydrogen-bond acceptors (Lipinski definition) is 6. The molecule has 0 amide bonds. The minimum Gasteiger partial charge on any atom is -0.505 e. The van der Waals surface area contributed by atoms with E-state index in [0.29, 0.717) is 30.0 Å². The van der Waals surface area contributed by atoms with Crippen LogP contribution in [0.2, 0.25) is 0 Å². The second-order valence-electron chi connectivity index (χ2n) is 11.5. The van der Waals surface area contributed by atoms with Crippen LogP contribution in [0.15, 0.2) is 12.1 Å². The number of hydrogen-bond donors (Lipinski definition) is 4. The summed E-state index contributed by atoms with van der Waals surface area (Å²) >= 11 is 0. The number of nitrogens with zero attached hydrogens (tertiary/aromatic N) is 3. The van der Waals surface area contributed by atoms with Crippen LogP contribution in [0.25, 0.3) is 0 Å². The number of aryl methyl sites for hydroxylation is 1. The molecule has 4 aliphatic rings. The quantitative estimate of drug-likeness (QED) is 0.488. The summed E-state index contributed by atoms with van der Waals surface area (Å²) in [6, 6.07) is 5.04. The van der Waals surface area contributed by atoms with E-state index in [1.807, 2.05) is 0 Å². The van der Waals surface area contributed by atoms with Crippen molar-refractivity contribution in [3.05, 3.63) is 46.3 Å². The minimum absolute atomic E-state index is 0.182. The summed E-state index contributed by atoms with van der Waals surface area (Å²) in [5.41, 5.74) is 11.8. The van der Waals surface area contributed by atoms with Crippen LogP contribution in [-0.2, 0) is 19.4 Å². The lowest BCUT2D eigenvalue weighted by atomic mass is 9.73. The Balaban J connectivity index is 1.11. The van der Waals surface area contributed by atoms with Gasteiger partial charge in [0.05, 0.1) is 17.4 Å². The lowest BCUT2D eigenvalue weighted by molar-refractivity contribution is 0.00112. The number of aromatic hydroxyl groups is 1. The van der Waals surface area contributed by atoms with Crippen molar-refractivity contribution in [2.45, 2.75) is 95.9 Å². The summed E-state index contributed by atoms with van der Waals surface area (Å²) in [6.45, 7) is 11.1. The van der Waals surface area contributed by atoms with Gasteiger partial charge in [-0.2, -0.15) is 0 Å². The number of aromatic amines is 1. The van der Waals surface area contributed by atoms with Crippen LogP contribution in [0.5, 0.6) is 5.75 Å². The van der Waals surface area contributed by atoms with E-state index in [9.17, 15) is 9.50 Å². The maximum atomic E-state index is 14.2. The molecule has 3 aliphatic heterocycles. The molecule has 3 fully saturated rings. The molecular weight excluding hydrogens is 455 g/mol. The van der Waals surface area contributed by atoms with Gasteiger partial charge in [0.2, 0.25) is 0 Å². The largest absolute Gasteiger partial charge is 0.505 e. The zero-order valence-corrected chi connectivity index (χ0v) is 21.9. The molecule has 0 bridgehead atoms. The van der Waals surface area contributed by atoms with Crippen molar-refractivity contribution in [1.29, 1.82) is 0 Å². The van der Waals surface area contributed by atoms with Gasteiger partial charge < -0.3 is 10.1 Å². The molecule has 1 aromatic heterocycles. The van der Waals surface area contributed by atoms with Gasteiger partial charge in [0.1, 0.15) is 5.82 Å². The number of fused-ring (bicyclic) bond motifs is 2. The number of halogens is 1. The van der Waals surface area contributed by atoms with Crippen molar-refractivity contribution in [2.75, 3.05) is 19.6 Å². The van der Waals surface area contributed by atoms with E-state index in [-0.39, 0.29) is 11.8 Å². The summed E-state index contributed by atoms with van der Waals surface area (Å²) < 4.78 is 14.2. The summed E-state index contributed by atoms with van der Waals surface area (Å²) in [6.07, 6.45) is 6.10. The number of phenolic OH excluding ortho intramolecular Hbond substituents is 1. The Kier molecular flexibility index (Phi) is 6.56. The number of phenols is 1. The van der Waals surface area contributed by atoms with Crippen molar-refractivity contribution in [2.24, 2.45) is 5.92 Å². The molecule has 1 aromatic carbocycles. The molecule has 0 radical (unpaired) electrons. The van der Waals surface area contributed by atoms with Crippen molar-refractivity contribution in [3.63, 3.8) is 0 Å². The SMILES string of the molecule is CCc1cc(O)c(F)cc1C1CCC2C(C1)NNC2c1nc2c([nH]1)CN(C1CN(C(C)CC)C1)CC2. The van der Waals surface area contributed by atoms with E-state index in [1.54, 1.807) is 12.1 Å². The van der Waals surface area contributed by atoms with E-state index in [2.05, 4.69) is 46.4 Å². The van der Waals surface area contributed by atoms with Crippen LogP contribution >= 0.6 is 0 Å². The minimum atomic E-state index is -0.510. The maximum Gasteiger partial charge on any atom is 0.165 e. The fourth-order valence-corrected chi connectivity index (χ4v) is 7.06. The monoisotopic (exact) mass is 496 g/mol. The molecule has 7 nitrogen and oxygen atoms in total. The molecule has 196 valence electrons. The van der Waals surface area contributed by atoms with Gasteiger partial charge in [-0.15, -0.1) is 0 Å². The molecule has 6 rings (SSSR count). The molecule has 1 saturated carbocycles. The van der Waals surface area contributed by atoms with Gasteiger partial charge in [-0.05, 0) is 74.1 Å². The molecule has 5 atom stereocenters. The van der Waals surface area contributed by atoms with E-state index in [1.165, 1.54) is 30.9 Å². The first kappa shape index (κ1) is 24.3. The highest BCUT2D eigenvalue weighted by Gasteiger charge is 2.43. The van der Waals surface area contributed by atoms with Crippen LogP contribution < -0.4 is 10.9 Å². The summed E-state index contributed by atoms with van der Waals surface area (Å²) in [5.74, 6) is 1.09. The molecule has 36 heavy (non-hydrogen) atoms. The van der Waals surface area contributed by atoms with E-state index < -0.39 is 5.82 Å². The lowest BCUT2D eigenvalue weighted by Crippen LogP contribution is -2.62. The first-order chi connectivity index (χ1) is 17.4. The van der Waals surface area contributed by atoms with Gasteiger partial charge in [0, 0.05) is 50.7 Å². The smallest absolute Gasteiger partial charge is 0.165 e. The van der Waals surface area contributed by atoms with Gasteiger partial charge in [-0.3, -0.25) is 15.2 Å². The number of hydrazine groups is 1. The summed E-state index contributed by atoms with van der Waals surface area (Å²) in [7, 11) is 0. The Morgan fingerprint density at radius 2 is 2.03 bits per heavy atom. The number of likely N-dealkylation sites (tertiary alicyclic amines) is 1. The molecule has 8 heteroatoms. The van der Waals surface area contributed by atoms with Crippen molar-refractivity contribution < 1.29 is 9.50 Å². The standard InChI is InChI=1S/C28H41FN6O/c1-4-16(3)35-13-19(14-35)34-9-8-23-25(15-34)31-28(30-23)27-20-7-6-18(10-24(20)32-33-27)21-12-22(29)26(36)11-17(21)5-2/h11-12,16,18-20,24,27,32-33,36H,4-10,13-15H2,1-3H3,(H,30,31). The predicted octanol–water partition coefficient (Wildman–Crippen LogP) is 3.76. The van der Waals surface area contributed by atoms with Gasteiger partial charge in [0.15, 0.2) is 11.6 Å². The Morgan fingerprint density at radius 1 is 1.19 bits per heavy atom. The van der Waals surface area contributed by atoms with Gasteiger partial charge in [-0.25, -0.2) is 14.8 Å². The van der Waals surface area contributed by atoms with E-state index >= 15 is 0 Å². The van der Waals surface area contributed by atoms with Gasteiger partial charge in [0.25, 0.3) is 0 Å². The Bertz CT molecular complexity index is 1100. The number of H-pyrrole nitrogens is 1. The predicted molar refractivity (Wildman–Crippen MR) is 138 cm³/mol. The molecule has 4 heterocycles. The zero-order chi connectivity index (χ0) is 25.0. The third-order valence-corrected chi connectivity index (χ3v) is 9.58. The number of imidazole rings is 1. The van der Waals surface area contributed by atoms with Crippen LogP contribution in [0.4, 0.5) is 4.39 Å². The first-order valence-electron chi connectivity index (χ1n) is 14.0. The highest BCUT2D eigenvalue weighted by Crippen LogP contribution is 2.44. The number of rotatable bonds is 6. The topological polar surface area (TPSA) is 79.4 Å². The molecule has 1 aliphatic carbocycles. The van der Waals surface area contributed by atoms with Crippen LogP contribution in [0, 0.1) is 11.7 Å². The van der Waals surface area contributed by atoms with Crippen LogP contribution in [0.1, 0.15) is 86.8 Å². The molecule has 2 saturated heterocycles. The average molecular weight is 497 g/mol. The second kappa shape index (κ2) is 9.71. The van der Waals surface area contributed by atoms with E-state index in [0.717, 1.165) is 62.1 Å². The lowest BCUT2D eigenvalue weighted by Gasteiger charge is -2.48. The Hall–Kier alpha value is -2.00. The summed E-state index contributed by atoms with van der Waals surface area (Å²) in [5, 5.41) is 9.83. The molecule has 4 N–H and O–H groups in total. The third kappa shape index (κ3) is 4.26. The molecule has 2 aromatic rings. The number of nitrogens with one attached hydrogen (secondary N) is 3. The number of aromatic nitrogens is 2. The van der Waals surface area contributed by atoms with Crippen molar-refractivity contribution in [3.8, 4) is 5.75 Å². The fraction of sp³-hybridized carbons (Fsp3) is 0.679. The summed E-state index contributed by atoms with van der Waals surface area (Å²) in [4.78, 5) is 14.0. The average Bonchev–Trinajstić information content (AvgIpc) is 3.47. The van der Waals surface area contributed by atoms with E-state index in [4.69, 9.17) is 4.98 Å². The Labute approximate surface area is 213 Å². The Morgan fingerprint density at radius 3 is 2.81 bits per heavy atom. The third-order valence-electron chi connectivity index (χ3n) is 9.58. The highest BCUT2D eigenvalue weighted by atomic mass is 19.1. The van der Waals surface area contributed by atoms with Crippen LogP contribution in [0.3, 0.4) is 0 Å². The molecule has 5 unspecified atom stereocenters. The van der Waals surface area contributed by atoms with Crippen molar-refractivity contribution >= 4 is 0 Å². The normalized spacial score (nSPS) is 30.1. The first-order valence-corrected chi connectivity index (χ1v) is 14.0. The fourth-order valence-electron chi connectivity index (χ4n) is 7.06.